The Hall–Kier alpha value is -2.47. The van der Waals surface area contributed by atoms with E-state index in [1.165, 1.54) is 17.8 Å². The van der Waals surface area contributed by atoms with E-state index in [0.29, 0.717) is 22.5 Å². The van der Waals surface area contributed by atoms with E-state index < -0.39 is 5.97 Å². The van der Waals surface area contributed by atoms with Crippen molar-refractivity contribution in [2.24, 2.45) is 0 Å². The minimum absolute atomic E-state index is 0.0742. The summed E-state index contributed by atoms with van der Waals surface area (Å²) < 4.78 is 10.8. The predicted molar refractivity (Wildman–Crippen MR) is 77.2 cm³/mol. The summed E-state index contributed by atoms with van der Waals surface area (Å²) in [6.07, 6.45) is 1.68. The fourth-order valence-corrected chi connectivity index (χ4v) is 2.47. The van der Waals surface area contributed by atoms with Crippen molar-refractivity contribution in [3.63, 3.8) is 0 Å². The van der Waals surface area contributed by atoms with Crippen LogP contribution < -0.4 is 0 Å². The lowest BCUT2D eigenvalue weighted by Gasteiger charge is -1.95. The molecule has 2 aromatic heterocycles. The van der Waals surface area contributed by atoms with Crippen molar-refractivity contribution in [2.75, 3.05) is 0 Å². The van der Waals surface area contributed by atoms with Crippen LogP contribution >= 0.6 is 11.8 Å². The number of furan rings is 1. The summed E-state index contributed by atoms with van der Waals surface area (Å²) in [6.45, 7) is 0. The molecule has 0 amide bonds. The number of nitrogens with zero attached hydrogens (tertiary/aromatic N) is 1. The third-order valence-corrected chi connectivity index (χ3v) is 3.64. The van der Waals surface area contributed by atoms with Crippen LogP contribution in [0.25, 0.3) is 11.3 Å². The highest BCUT2D eigenvalue weighted by molar-refractivity contribution is 7.98. The standard InChI is InChI=1S/C15H11NO4S/c17-15(18)11-6-7-14(20-11)21-9-13-16-8-12(19-13)10-4-2-1-3-5-10/h1-8H,9H2,(H,17,18). The molecule has 0 fully saturated rings. The van der Waals surface area contributed by atoms with Crippen LogP contribution in [0.1, 0.15) is 16.4 Å². The molecule has 0 saturated heterocycles. The van der Waals surface area contributed by atoms with Crippen molar-refractivity contribution in [3.05, 3.63) is 60.3 Å². The molecule has 0 unspecified atom stereocenters. The number of oxazole rings is 1. The molecular formula is C15H11NO4S. The molecule has 0 bridgehead atoms. The van der Waals surface area contributed by atoms with Gasteiger partial charge in [-0.1, -0.05) is 42.1 Å². The zero-order valence-electron chi connectivity index (χ0n) is 10.9. The third kappa shape index (κ3) is 3.17. The number of carbonyl (C=O) groups is 1. The van der Waals surface area contributed by atoms with Crippen LogP contribution in [0.5, 0.6) is 0 Å². The van der Waals surface area contributed by atoms with Gasteiger partial charge in [0, 0.05) is 5.56 Å². The smallest absolute Gasteiger partial charge is 0.371 e. The number of aromatic carboxylic acids is 1. The fourth-order valence-electron chi connectivity index (χ4n) is 1.76. The largest absolute Gasteiger partial charge is 0.475 e. The summed E-state index contributed by atoms with van der Waals surface area (Å²) in [7, 11) is 0. The van der Waals surface area contributed by atoms with E-state index in [9.17, 15) is 4.79 Å². The molecule has 6 heteroatoms. The van der Waals surface area contributed by atoms with Gasteiger partial charge < -0.3 is 13.9 Å². The van der Waals surface area contributed by atoms with Crippen LogP contribution in [0, 0.1) is 0 Å². The fraction of sp³-hybridized carbons (Fsp3) is 0.0667. The van der Waals surface area contributed by atoms with Gasteiger partial charge in [0.15, 0.2) is 10.9 Å². The number of benzene rings is 1. The molecule has 21 heavy (non-hydrogen) atoms. The topological polar surface area (TPSA) is 76.5 Å². The van der Waals surface area contributed by atoms with Gasteiger partial charge in [-0.25, -0.2) is 9.78 Å². The van der Waals surface area contributed by atoms with Crippen LogP contribution in [0.4, 0.5) is 0 Å². The van der Waals surface area contributed by atoms with Gasteiger partial charge >= 0.3 is 5.97 Å². The van der Waals surface area contributed by atoms with Gasteiger partial charge in [0.25, 0.3) is 0 Å². The highest BCUT2D eigenvalue weighted by Gasteiger charge is 2.11. The minimum Gasteiger partial charge on any atom is -0.475 e. The molecule has 3 aromatic rings. The summed E-state index contributed by atoms with van der Waals surface area (Å²) >= 11 is 1.33. The minimum atomic E-state index is -1.08. The SMILES string of the molecule is O=C(O)c1ccc(SCc2ncc(-c3ccccc3)o2)o1. The normalized spacial score (nSPS) is 10.7. The molecule has 0 aliphatic rings. The summed E-state index contributed by atoms with van der Waals surface area (Å²) in [6, 6.07) is 12.7. The number of carboxylic acid groups (broad SMARTS) is 1. The Balaban J connectivity index is 1.66. The maximum atomic E-state index is 10.7. The molecule has 0 aliphatic carbocycles. The first-order valence-electron chi connectivity index (χ1n) is 6.18. The van der Waals surface area contributed by atoms with E-state index in [1.807, 2.05) is 30.3 Å². The van der Waals surface area contributed by atoms with Gasteiger partial charge in [-0.05, 0) is 12.1 Å². The summed E-state index contributed by atoms with van der Waals surface area (Å²) in [5.74, 6) is 0.586. The first-order chi connectivity index (χ1) is 10.2. The van der Waals surface area contributed by atoms with Gasteiger partial charge in [0.2, 0.25) is 11.7 Å². The monoisotopic (exact) mass is 301 g/mol. The van der Waals surface area contributed by atoms with Crippen LogP contribution in [0.15, 0.2) is 62.6 Å². The Morgan fingerprint density at radius 1 is 1.14 bits per heavy atom. The molecule has 0 radical (unpaired) electrons. The van der Waals surface area contributed by atoms with Crippen molar-refractivity contribution < 1.29 is 18.7 Å². The Morgan fingerprint density at radius 3 is 2.67 bits per heavy atom. The average Bonchev–Trinajstić information content (AvgIpc) is 3.15. The van der Waals surface area contributed by atoms with E-state index >= 15 is 0 Å². The van der Waals surface area contributed by atoms with Crippen molar-refractivity contribution in [1.29, 1.82) is 0 Å². The molecule has 0 atom stereocenters. The van der Waals surface area contributed by atoms with E-state index in [0.717, 1.165) is 5.56 Å². The molecule has 0 aliphatic heterocycles. The van der Waals surface area contributed by atoms with Crippen molar-refractivity contribution in [3.8, 4) is 11.3 Å². The molecule has 1 N–H and O–H groups in total. The van der Waals surface area contributed by atoms with Gasteiger partial charge in [-0.3, -0.25) is 0 Å². The number of hydrogen-bond acceptors (Lipinski definition) is 5. The summed E-state index contributed by atoms with van der Waals surface area (Å²) in [4.78, 5) is 14.9. The third-order valence-electron chi connectivity index (χ3n) is 2.74. The second kappa shape index (κ2) is 5.88. The maximum Gasteiger partial charge on any atom is 0.371 e. The lowest BCUT2D eigenvalue weighted by Crippen LogP contribution is -1.91. The Bertz CT molecular complexity index is 748. The average molecular weight is 301 g/mol. The summed E-state index contributed by atoms with van der Waals surface area (Å²) in [5, 5.41) is 9.30. The van der Waals surface area contributed by atoms with Gasteiger partial charge in [0.1, 0.15) is 0 Å². The Labute approximate surface area is 124 Å². The Morgan fingerprint density at radius 2 is 1.95 bits per heavy atom. The highest BCUT2D eigenvalue weighted by Crippen LogP contribution is 2.27. The predicted octanol–water partition coefficient (Wildman–Crippen LogP) is 3.93. The highest BCUT2D eigenvalue weighted by atomic mass is 32.2. The number of aromatic nitrogens is 1. The zero-order chi connectivity index (χ0) is 14.7. The lowest BCUT2D eigenvalue weighted by molar-refractivity contribution is 0.0656. The van der Waals surface area contributed by atoms with Gasteiger partial charge in [0.05, 0.1) is 11.9 Å². The molecule has 0 saturated carbocycles. The van der Waals surface area contributed by atoms with Crippen LogP contribution in [0.2, 0.25) is 0 Å². The zero-order valence-corrected chi connectivity index (χ0v) is 11.7. The van der Waals surface area contributed by atoms with Crippen molar-refractivity contribution in [2.45, 2.75) is 10.8 Å². The van der Waals surface area contributed by atoms with Crippen LogP contribution in [-0.2, 0) is 5.75 Å². The maximum absolute atomic E-state index is 10.7. The molecular weight excluding hydrogens is 290 g/mol. The number of carboxylic acids is 1. The van der Waals surface area contributed by atoms with Crippen molar-refractivity contribution in [1.82, 2.24) is 4.98 Å². The molecule has 106 valence electrons. The van der Waals surface area contributed by atoms with Crippen molar-refractivity contribution >= 4 is 17.7 Å². The first-order valence-corrected chi connectivity index (χ1v) is 7.17. The molecule has 2 heterocycles. The van der Waals surface area contributed by atoms with Crippen LogP contribution in [-0.4, -0.2) is 16.1 Å². The second-order valence-corrected chi connectivity index (χ2v) is 5.18. The van der Waals surface area contributed by atoms with E-state index in [4.69, 9.17) is 13.9 Å². The lowest BCUT2D eigenvalue weighted by atomic mass is 10.2. The van der Waals surface area contributed by atoms with E-state index in [-0.39, 0.29) is 5.76 Å². The van der Waals surface area contributed by atoms with E-state index in [2.05, 4.69) is 4.98 Å². The molecule has 1 aromatic carbocycles. The quantitative estimate of drug-likeness (QED) is 0.720. The number of rotatable bonds is 5. The van der Waals surface area contributed by atoms with Gasteiger partial charge in [-0.15, -0.1) is 0 Å². The van der Waals surface area contributed by atoms with E-state index in [1.54, 1.807) is 12.3 Å². The number of hydrogen-bond donors (Lipinski definition) is 1. The molecule has 0 spiro atoms. The summed E-state index contributed by atoms with van der Waals surface area (Å²) in [5.41, 5.74) is 0.965. The Kier molecular flexibility index (Phi) is 3.79. The first kappa shape index (κ1) is 13.5. The second-order valence-electron chi connectivity index (χ2n) is 4.20. The number of thioether (sulfide) groups is 1. The van der Waals surface area contributed by atoms with Crippen LogP contribution in [0.3, 0.4) is 0 Å². The molecule has 5 nitrogen and oxygen atoms in total. The van der Waals surface area contributed by atoms with Gasteiger partial charge in [-0.2, -0.15) is 0 Å². The molecule has 3 rings (SSSR count).